The lowest BCUT2D eigenvalue weighted by molar-refractivity contribution is -0.161. The zero-order valence-electron chi connectivity index (χ0n) is 15.2. The molecule has 0 aromatic carbocycles. The van der Waals surface area contributed by atoms with Crippen molar-refractivity contribution in [2.75, 3.05) is 13.2 Å². The Balaban J connectivity index is 4.20. The molecule has 7 heteroatoms. The van der Waals surface area contributed by atoms with Gasteiger partial charge in [-0.1, -0.05) is 32.6 Å². The molecule has 0 amide bonds. The van der Waals surface area contributed by atoms with Gasteiger partial charge in [-0.2, -0.15) is 0 Å². The Morgan fingerprint density at radius 2 is 1.50 bits per heavy atom. The third-order valence-corrected chi connectivity index (χ3v) is 2.97. The summed E-state index contributed by atoms with van der Waals surface area (Å²) in [5, 5.41) is 0. The highest BCUT2D eigenvalue weighted by Gasteiger charge is 2.19. The van der Waals surface area contributed by atoms with Gasteiger partial charge in [-0.05, 0) is 20.3 Å². The molecule has 0 spiro atoms. The number of esters is 2. The van der Waals surface area contributed by atoms with Gasteiger partial charge in [0.15, 0.2) is 6.10 Å². The van der Waals surface area contributed by atoms with E-state index in [9.17, 15) is 14.4 Å². The lowest BCUT2D eigenvalue weighted by Crippen LogP contribution is -2.31. The van der Waals surface area contributed by atoms with E-state index in [0.29, 0.717) is 0 Å². The minimum Gasteiger partial charge on any atom is -0.462 e. The van der Waals surface area contributed by atoms with Crippen LogP contribution in [0.3, 0.4) is 0 Å². The molecule has 0 aromatic heterocycles. The molecular formula is C17H30O7. The van der Waals surface area contributed by atoms with Gasteiger partial charge in [0, 0.05) is 13.3 Å². The van der Waals surface area contributed by atoms with Crippen molar-refractivity contribution < 1.29 is 33.3 Å². The minimum absolute atomic E-state index is 0.161. The van der Waals surface area contributed by atoms with Crippen LogP contribution in [0.2, 0.25) is 0 Å². The Hall–Kier alpha value is -1.79. The van der Waals surface area contributed by atoms with Gasteiger partial charge in [-0.3, -0.25) is 9.59 Å². The van der Waals surface area contributed by atoms with Crippen molar-refractivity contribution in [2.24, 2.45) is 0 Å². The molecule has 1 atom stereocenters. The van der Waals surface area contributed by atoms with Crippen LogP contribution in [-0.4, -0.2) is 43.5 Å². The molecular weight excluding hydrogens is 316 g/mol. The van der Waals surface area contributed by atoms with Crippen LogP contribution in [0.4, 0.5) is 4.79 Å². The molecule has 0 saturated carbocycles. The predicted octanol–water partition coefficient (Wildman–Crippen LogP) is 3.38. The summed E-state index contributed by atoms with van der Waals surface area (Å²) in [6.45, 7) is 6.37. The predicted molar refractivity (Wildman–Crippen MR) is 87.5 cm³/mol. The minimum atomic E-state index is -0.853. The average Bonchev–Trinajstić information content (AvgIpc) is 2.49. The van der Waals surface area contributed by atoms with Crippen LogP contribution < -0.4 is 0 Å². The normalized spacial score (nSPS) is 11.7. The fourth-order valence-corrected chi connectivity index (χ4v) is 1.83. The van der Waals surface area contributed by atoms with Crippen LogP contribution in [0.15, 0.2) is 0 Å². The van der Waals surface area contributed by atoms with Crippen LogP contribution >= 0.6 is 0 Å². The first-order chi connectivity index (χ1) is 11.3. The molecule has 0 bridgehead atoms. The highest BCUT2D eigenvalue weighted by atomic mass is 16.7. The molecule has 24 heavy (non-hydrogen) atoms. The van der Waals surface area contributed by atoms with Gasteiger partial charge in [-0.15, -0.1) is 0 Å². The molecule has 140 valence electrons. The van der Waals surface area contributed by atoms with Gasteiger partial charge in [0.25, 0.3) is 0 Å². The number of rotatable bonds is 12. The Labute approximate surface area is 144 Å². The number of carbonyl (C=O) groups is 3. The summed E-state index contributed by atoms with van der Waals surface area (Å²) in [5.74, 6) is -0.898. The Kier molecular flexibility index (Phi) is 12.6. The molecule has 0 fully saturated rings. The van der Waals surface area contributed by atoms with E-state index in [1.54, 1.807) is 13.8 Å². The molecule has 0 aliphatic heterocycles. The van der Waals surface area contributed by atoms with Gasteiger partial charge >= 0.3 is 18.1 Å². The zero-order chi connectivity index (χ0) is 18.4. The van der Waals surface area contributed by atoms with E-state index in [4.69, 9.17) is 18.9 Å². The van der Waals surface area contributed by atoms with Crippen LogP contribution in [0.25, 0.3) is 0 Å². The van der Waals surface area contributed by atoms with Crippen molar-refractivity contribution in [3.8, 4) is 0 Å². The van der Waals surface area contributed by atoms with Gasteiger partial charge in [0.05, 0.1) is 6.10 Å². The molecule has 0 aliphatic rings. The summed E-state index contributed by atoms with van der Waals surface area (Å²) in [4.78, 5) is 34.1. The van der Waals surface area contributed by atoms with E-state index in [0.717, 1.165) is 32.1 Å². The first kappa shape index (κ1) is 22.2. The maximum atomic E-state index is 11.8. The summed E-state index contributed by atoms with van der Waals surface area (Å²) in [6, 6.07) is 0. The van der Waals surface area contributed by atoms with Gasteiger partial charge in [0.1, 0.15) is 13.2 Å². The van der Waals surface area contributed by atoms with Crippen LogP contribution in [0.5, 0.6) is 0 Å². The highest BCUT2D eigenvalue weighted by Crippen LogP contribution is 2.08. The third-order valence-electron chi connectivity index (χ3n) is 2.97. The molecule has 0 heterocycles. The maximum absolute atomic E-state index is 11.8. The van der Waals surface area contributed by atoms with Crippen LogP contribution in [0.1, 0.15) is 66.2 Å². The lowest BCUT2D eigenvalue weighted by Gasteiger charge is -2.18. The maximum Gasteiger partial charge on any atom is 0.508 e. The van der Waals surface area contributed by atoms with E-state index >= 15 is 0 Å². The van der Waals surface area contributed by atoms with Gasteiger partial charge in [-0.25, -0.2) is 4.79 Å². The Morgan fingerprint density at radius 3 is 2.08 bits per heavy atom. The smallest absolute Gasteiger partial charge is 0.462 e. The van der Waals surface area contributed by atoms with Gasteiger partial charge < -0.3 is 18.9 Å². The van der Waals surface area contributed by atoms with Crippen molar-refractivity contribution in [2.45, 2.75) is 78.4 Å². The fraction of sp³-hybridized carbons (Fsp3) is 0.824. The van der Waals surface area contributed by atoms with E-state index in [2.05, 4.69) is 6.92 Å². The van der Waals surface area contributed by atoms with Crippen LogP contribution in [-0.2, 0) is 28.5 Å². The number of hydrogen-bond acceptors (Lipinski definition) is 7. The van der Waals surface area contributed by atoms with E-state index in [-0.39, 0.29) is 25.7 Å². The standard InChI is InChI=1S/C17H30O7/c1-5-6-7-8-9-10-16(19)24-15(11-21-14(4)18)12-22-17(20)23-13(2)3/h13,15H,5-12H2,1-4H3. The molecule has 0 aromatic rings. The molecule has 0 rings (SSSR count). The van der Waals surface area contributed by atoms with E-state index in [1.165, 1.54) is 6.92 Å². The van der Waals surface area contributed by atoms with E-state index < -0.39 is 24.2 Å². The first-order valence-corrected chi connectivity index (χ1v) is 8.51. The third kappa shape index (κ3) is 13.8. The molecule has 0 aliphatic carbocycles. The average molecular weight is 346 g/mol. The molecule has 1 unspecified atom stereocenters. The summed E-state index contributed by atoms with van der Waals surface area (Å²) in [7, 11) is 0. The number of ether oxygens (including phenoxy) is 4. The first-order valence-electron chi connectivity index (χ1n) is 8.51. The number of carbonyl (C=O) groups excluding carboxylic acids is 3. The molecule has 0 N–H and O–H groups in total. The second-order valence-corrected chi connectivity index (χ2v) is 5.81. The highest BCUT2D eigenvalue weighted by molar-refractivity contribution is 5.69. The fourth-order valence-electron chi connectivity index (χ4n) is 1.83. The quantitative estimate of drug-likeness (QED) is 0.304. The van der Waals surface area contributed by atoms with Crippen molar-refractivity contribution in [1.82, 2.24) is 0 Å². The van der Waals surface area contributed by atoms with Crippen molar-refractivity contribution in [1.29, 1.82) is 0 Å². The molecule has 7 nitrogen and oxygen atoms in total. The monoisotopic (exact) mass is 346 g/mol. The number of unbranched alkanes of at least 4 members (excludes halogenated alkanes) is 4. The summed E-state index contributed by atoms with van der Waals surface area (Å²) >= 11 is 0. The van der Waals surface area contributed by atoms with Crippen molar-refractivity contribution in [3.05, 3.63) is 0 Å². The summed E-state index contributed by atoms with van der Waals surface area (Å²) < 4.78 is 19.7. The summed E-state index contributed by atoms with van der Waals surface area (Å²) in [6.07, 6.45) is 3.38. The number of hydrogen-bond donors (Lipinski definition) is 0. The Bertz CT molecular complexity index is 379. The topological polar surface area (TPSA) is 88.1 Å². The second-order valence-electron chi connectivity index (χ2n) is 5.81. The van der Waals surface area contributed by atoms with E-state index in [1.807, 2.05) is 0 Å². The van der Waals surface area contributed by atoms with Crippen molar-refractivity contribution in [3.63, 3.8) is 0 Å². The second kappa shape index (κ2) is 13.6. The molecule has 0 saturated heterocycles. The SMILES string of the molecule is CCCCCCCC(=O)OC(COC(C)=O)COC(=O)OC(C)C. The summed E-state index contributed by atoms with van der Waals surface area (Å²) in [5.41, 5.74) is 0. The van der Waals surface area contributed by atoms with Crippen LogP contribution in [0, 0.1) is 0 Å². The lowest BCUT2D eigenvalue weighted by atomic mass is 10.1. The molecule has 0 radical (unpaired) electrons. The van der Waals surface area contributed by atoms with Gasteiger partial charge in [0.2, 0.25) is 0 Å². The zero-order valence-corrected chi connectivity index (χ0v) is 15.2. The largest absolute Gasteiger partial charge is 0.508 e. The van der Waals surface area contributed by atoms with Crippen molar-refractivity contribution >= 4 is 18.1 Å². The Morgan fingerprint density at radius 1 is 0.875 bits per heavy atom.